The summed E-state index contributed by atoms with van der Waals surface area (Å²) in [5.41, 5.74) is 1.10. The van der Waals surface area contributed by atoms with Crippen molar-refractivity contribution in [1.82, 2.24) is 5.32 Å². The Kier molecular flexibility index (Phi) is 6.34. The van der Waals surface area contributed by atoms with Crippen LogP contribution >= 0.6 is 23.7 Å². The van der Waals surface area contributed by atoms with Crippen molar-refractivity contribution < 1.29 is 0 Å². The molecule has 1 aromatic heterocycles. The Labute approximate surface area is 89.3 Å². The standard InChI is InChI=1S/C10H11NS.ClH/c1-3-6-11-8-9(2)10-5-4-7-12-10;/h1,4-5,7,11H,2,6,8H2;1H. The van der Waals surface area contributed by atoms with Crippen molar-refractivity contribution in [3.05, 3.63) is 29.0 Å². The van der Waals surface area contributed by atoms with Crippen LogP contribution in [0.3, 0.4) is 0 Å². The first-order chi connectivity index (χ1) is 5.84. The summed E-state index contributed by atoms with van der Waals surface area (Å²) in [5.74, 6) is 2.52. The summed E-state index contributed by atoms with van der Waals surface area (Å²) in [6, 6.07) is 4.08. The van der Waals surface area contributed by atoms with Crippen LogP contribution < -0.4 is 5.32 Å². The number of thiophene rings is 1. The van der Waals surface area contributed by atoms with Crippen molar-refractivity contribution in [2.45, 2.75) is 0 Å². The monoisotopic (exact) mass is 213 g/mol. The average Bonchev–Trinajstić information content (AvgIpc) is 2.56. The van der Waals surface area contributed by atoms with E-state index in [1.165, 1.54) is 4.88 Å². The summed E-state index contributed by atoms with van der Waals surface area (Å²) < 4.78 is 0. The van der Waals surface area contributed by atoms with E-state index in [1.54, 1.807) is 11.3 Å². The van der Waals surface area contributed by atoms with Gasteiger partial charge in [0.2, 0.25) is 0 Å². The highest BCUT2D eigenvalue weighted by Crippen LogP contribution is 2.16. The molecule has 0 saturated carbocycles. The lowest BCUT2D eigenvalue weighted by atomic mass is 10.2. The molecule has 0 saturated heterocycles. The molecule has 0 aromatic carbocycles. The lowest BCUT2D eigenvalue weighted by molar-refractivity contribution is 0.869. The number of halogens is 1. The molecule has 0 bridgehead atoms. The van der Waals surface area contributed by atoms with Gasteiger partial charge in [-0.1, -0.05) is 18.6 Å². The molecule has 1 nitrogen and oxygen atoms in total. The second-order valence-electron chi connectivity index (χ2n) is 2.39. The number of rotatable bonds is 4. The fraction of sp³-hybridized carbons (Fsp3) is 0.200. The summed E-state index contributed by atoms with van der Waals surface area (Å²) in [6.45, 7) is 5.32. The highest BCUT2D eigenvalue weighted by molar-refractivity contribution is 7.11. The molecule has 0 amide bonds. The molecule has 1 N–H and O–H groups in total. The number of nitrogens with one attached hydrogen (secondary N) is 1. The minimum Gasteiger partial charge on any atom is -0.302 e. The van der Waals surface area contributed by atoms with Gasteiger partial charge in [-0.2, -0.15) is 0 Å². The van der Waals surface area contributed by atoms with E-state index in [9.17, 15) is 0 Å². The highest BCUT2D eigenvalue weighted by atomic mass is 35.5. The summed E-state index contributed by atoms with van der Waals surface area (Å²) in [6.07, 6.45) is 5.09. The molecule has 0 aliphatic rings. The minimum absolute atomic E-state index is 0. The second kappa shape index (κ2) is 6.73. The van der Waals surface area contributed by atoms with Gasteiger partial charge in [-0.25, -0.2) is 0 Å². The molecule has 0 fully saturated rings. The van der Waals surface area contributed by atoms with Crippen LogP contribution in [0.25, 0.3) is 5.57 Å². The van der Waals surface area contributed by atoms with Gasteiger partial charge in [0.05, 0.1) is 6.54 Å². The van der Waals surface area contributed by atoms with Gasteiger partial charge in [-0.15, -0.1) is 30.2 Å². The Morgan fingerprint density at radius 2 is 2.46 bits per heavy atom. The molecular formula is C10H12ClNS. The molecule has 1 aromatic rings. The van der Waals surface area contributed by atoms with Gasteiger partial charge in [0.1, 0.15) is 0 Å². The van der Waals surface area contributed by atoms with E-state index in [1.807, 2.05) is 11.4 Å². The van der Waals surface area contributed by atoms with Gasteiger partial charge >= 0.3 is 0 Å². The largest absolute Gasteiger partial charge is 0.302 e. The van der Waals surface area contributed by atoms with Gasteiger partial charge in [0, 0.05) is 11.4 Å². The molecule has 0 unspecified atom stereocenters. The van der Waals surface area contributed by atoms with Crippen LogP contribution in [0.1, 0.15) is 4.88 Å². The maximum Gasteiger partial charge on any atom is 0.0576 e. The Hall–Kier alpha value is -0.750. The topological polar surface area (TPSA) is 12.0 Å². The van der Waals surface area contributed by atoms with Crippen LogP contribution in [0.5, 0.6) is 0 Å². The number of hydrogen-bond acceptors (Lipinski definition) is 2. The molecule has 1 rings (SSSR count). The molecule has 0 aliphatic carbocycles. The van der Waals surface area contributed by atoms with Gasteiger partial charge in [0.15, 0.2) is 0 Å². The van der Waals surface area contributed by atoms with E-state index < -0.39 is 0 Å². The van der Waals surface area contributed by atoms with Crippen LogP contribution in [0.2, 0.25) is 0 Å². The molecule has 13 heavy (non-hydrogen) atoms. The Bertz CT molecular complexity index is 284. The van der Waals surface area contributed by atoms with E-state index in [-0.39, 0.29) is 12.4 Å². The van der Waals surface area contributed by atoms with Crippen LogP contribution in [0.15, 0.2) is 24.1 Å². The molecule has 70 valence electrons. The predicted molar refractivity (Wildman–Crippen MR) is 62.3 cm³/mol. The van der Waals surface area contributed by atoms with Crippen molar-refractivity contribution in [3.63, 3.8) is 0 Å². The van der Waals surface area contributed by atoms with Gasteiger partial charge in [-0.3, -0.25) is 0 Å². The van der Waals surface area contributed by atoms with E-state index in [0.29, 0.717) is 6.54 Å². The van der Waals surface area contributed by atoms with Crippen LogP contribution in [0, 0.1) is 12.3 Å². The SMILES string of the molecule is C#CCNCC(=C)c1cccs1.Cl. The summed E-state index contributed by atoms with van der Waals surface area (Å²) in [5, 5.41) is 5.14. The van der Waals surface area contributed by atoms with Crippen molar-refractivity contribution in [2.24, 2.45) is 0 Å². The summed E-state index contributed by atoms with van der Waals surface area (Å²) in [7, 11) is 0. The lowest BCUT2D eigenvalue weighted by Crippen LogP contribution is -2.15. The third-order valence-corrected chi connectivity index (χ3v) is 2.41. The van der Waals surface area contributed by atoms with E-state index >= 15 is 0 Å². The van der Waals surface area contributed by atoms with E-state index in [2.05, 4.69) is 23.9 Å². The van der Waals surface area contributed by atoms with Crippen molar-refractivity contribution in [1.29, 1.82) is 0 Å². The van der Waals surface area contributed by atoms with Crippen LogP contribution in [-0.4, -0.2) is 13.1 Å². The van der Waals surface area contributed by atoms with Crippen molar-refractivity contribution in [2.75, 3.05) is 13.1 Å². The van der Waals surface area contributed by atoms with Crippen molar-refractivity contribution >= 4 is 29.3 Å². The minimum atomic E-state index is 0. The summed E-state index contributed by atoms with van der Waals surface area (Å²) >= 11 is 1.70. The van der Waals surface area contributed by atoms with Gasteiger partial charge in [-0.05, 0) is 17.0 Å². The zero-order valence-corrected chi connectivity index (χ0v) is 8.88. The maximum atomic E-state index is 5.09. The van der Waals surface area contributed by atoms with E-state index in [4.69, 9.17) is 6.42 Å². The Morgan fingerprint density at radius 3 is 3.00 bits per heavy atom. The molecule has 0 atom stereocenters. The molecule has 1 heterocycles. The van der Waals surface area contributed by atoms with Crippen molar-refractivity contribution in [3.8, 4) is 12.3 Å². The zero-order valence-electron chi connectivity index (χ0n) is 7.25. The third kappa shape index (κ3) is 4.14. The lowest BCUT2D eigenvalue weighted by Gasteiger charge is -2.01. The first-order valence-corrected chi connectivity index (χ1v) is 4.58. The molecule has 0 radical (unpaired) electrons. The molecule has 0 aliphatic heterocycles. The fourth-order valence-electron chi connectivity index (χ4n) is 0.852. The average molecular weight is 214 g/mol. The quantitative estimate of drug-likeness (QED) is 0.599. The van der Waals surface area contributed by atoms with Crippen LogP contribution in [-0.2, 0) is 0 Å². The highest BCUT2D eigenvalue weighted by Gasteiger charge is 1.97. The van der Waals surface area contributed by atoms with Gasteiger partial charge < -0.3 is 5.32 Å². The smallest absolute Gasteiger partial charge is 0.0576 e. The first-order valence-electron chi connectivity index (χ1n) is 3.70. The van der Waals surface area contributed by atoms with E-state index in [0.717, 1.165) is 12.1 Å². The summed E-state index contributed by atoms with van der Waals surface area (Å²) in [4.78, 5) is 1.22. The third-order valence-electron chi connectivity index (χ3n) is 1.44. The first kappa shape index (κ1) is 12.2. The second-order valence-corrected chi connectivity index (χ2v) is 3.34. The van der Waals surface area contributed by atoms with Crippen LogP contribution in [0.4, 0.5) is 0 Å². The molecule has 0 spiro atoms. The maximum absolute atomic E-state index is 5.09. The van der Waals surface area contributed by atoms with Gasteiger partial charge in [0.25, 0.3) is 0 Å². The Balaban J connectivity index is 0.00000144. The fourth-order valence-corrected chi connectivity index (χ4v) is 1.55. The predicted octanol–water partition coefficient (Wildman–Crippen LogP) is 2.41. The molecule has 3 heteroatoms. The normalized spacial score (nSPS) is 8.54. The Morgan fingerprint density at radius 1 is 1.69 bits per heavy atom. The number of hydrogen-bond donors (Lipinski definition) is 1. The molecular weight excluding hydrogens is 202 g/mol. The zero-order chi connectivity index (χ0) is 8.81. The number of terminal acetylenes is 1.